The lowest BCUT2D eigenvalue weighted by molar-refractivity contribution is -0.143. The van der Waals surface area contributed by atoms with E-state index in [2.05, 4.69) is 36.9 Å². The van der Waals surface area contributed by atoms with Gasteiger partial charge in [-0.25, -0.2) is 4.79 Å². The number of phenols is 2. The predicted molar refractivity (Wildman–Crippen MR) is 245 cm³/mol. The van der Waals surface area contributed by atoms with E-state index < -0.39 is 109 Å². The van der Waals surface area contributed by atoms with Crippen LogP contribution >= 0.6 is 0 Å². The molecule has 9 atom stereocenters. The zero-order valence-electron chi connectivity index (χ0n) is 37.6. The van der Waals surface area contributed by atoms with Crippen LogP contribution in [0.25, 0.3) is 10.9 Å². The molecule has 0 radical (unpaired) electrons. The normalized spacial score (nSPS) is 15.1. The maximum Gasteiger partial charge on any atom is 0.326 e. The molecule has 1 heterocycles. The molecule has 1 aromatic heterocycles. The van der Waals surface area contributed by atoms with Gasteiger partial charge < -0.3 is 73.9 Å². The van der Waals surface area contributed by atoms with Crippen LogP contribution in [0.15, 0.2) is 79.0 Å². The van der Waals surface area contributed by atoms with Crippen molar-refractivity contribution in [2.24, 2.45) is 17.4 Å². The molecule has 22 nitrogen and oxygen atoms in total. The van der Waals surface area contributed by atoms with Crippen LogP contribution in [-0.2, 0) is 57.6 Å². The van der Waals surface area contributed by atoms with Gasteiger partial charge in [0.05, 0.1) is 25.2 Å². The van der Waals surface area contributed by atoms with E-state index in [1.165, 1.54) is 55.5 Å². The molecular weight excluding hydrogens is 887 g/mol. The average Bonchev–Trinajstić information content (AvgIpc) is 3.71. The van der Waals surface area contributed by atoms with Gasteiger partial charge in [-0.05, 0) is 59.9 Å². The topological polar surface area (TPSA) is 378 Å². The summed E-state index contributed by atoms with van der Waals surface area (Å²) < 4.78 is 0. The number of aliphatic carboxylic acids is 1. The Balaban J connectivity index is 1.68. The van der Waals surface area contributed by atoms with Crippen molar-refractivity contribution >= 4 is 58.2 Å². The molecule has 0 unspecified atom stereocenters. The number of hydrogen-bond donors (Lipinski definition) is 14. The standard InChI is InChI=1S/C46H59N9O13/c1-4-23(2)38(48)44(65)54-36(22-56)43(64)55-39(24(3)57)45(66)52-33(18-26-11-15-29(59)16-12-26)41(62)50-32(17-25-9-13-28(58)14-10-25)40(61)51-34(42(63)53-35(46(67)68)20-37(47)60)19-27-21-49-31-8-6-5-7-30(27)31/h5-16,21,23-24,32-36,38-39,49,56-59H,4,17-20,22,48H2,1-3H3,(H2,47,60)(H,50,62)(H,51,61)(H,52,66)(H,53,63)(H,54,65)(H,55,64)(H,67,68)/t23-,24+,32-,33-,34-,35-,36-,38-,39-/m0/s1. The number of aromatic amines is 1. The summed E-state index contributed by atoms with van der Waals surface area (Å²) in [5.74, 6) is -9.02. The van der Waals surface area contributed by atoms with Crippen LogP contribution in [-0.4, -0.2) is 133 Å². The summed E-state index contributed by atoms with van der Waals surface area (Å²) in [5.41, 5.74) is 13.2. The molecule has 3 aromatic carbocycles. The van der Waals surface area contributed by atoms with Crippen LogP contribution in [0.2, 0.25) is 0 Å². The minimum atomic E-state index is -1.78. The molecule has 0 fully saturated rings. The number of carbonyl (C=O) groups is 8. The van der Waals surface area contributed by atoms with Crippen molar-refractivity contribution in [1.82, 2.24) is 36.9 Å². The van der Waals surface area contributed by atoms with Crippen LogP contribution in [0, 0.1) is 5.92 Å². The lowest BCUT2D eigenvalue weighted by Crippen LogP contribution is -2.62. The highest BCUT2D eigenvalue weighted by atomic mass is 16.4. The smallest absolute Gasteiger partial charge is 0.326 e. The summed E-state index contributed by atoms with van der Waals surface area (Å²) in [4.78, 5) is 110. The van der Waals surface area contributed by atoms with Gasteiger partial charge in [-0.2, -0.15) is 0 Å². The fourth-order valence-electron chi connectivity index (χ4n) is 7.00. The fraction of sp³-hybridized carbons (Fsp3) is 0.391. The summed E-state index contributed by atoms with van der Waals surface area (Å²) in [6.07, 6.45) is -1.06. The van der Waals surface area contributed by atoms with Crippen molar-refractivity contribution in [3.63, 3.8) is 0 Å². The minimum absolute atomic E-state index is 0.114. The Morgan fingerprint density at radius 3 is 1.54 bits per heavy atom. The van der Waals surface area contributed by atoms with Gasteiger partial charge in [-0.15, -0.1) is 0 Å². The van der Waals surface area contributed by atoms with E-state index >= 15 is 0 Å². The number of rotatable bonds is 25. The van der Waals surface area contributed by atoms with Gasteiger partial charge in [0.1, 0.15) is 47.8 Å². The highest BCUT2D eigenvalue weighted by Gasteiger charge is 2.36. The van der Waals surface area contributed by atoms with Gasteiger partial charge in [0.15, 0.2) is 0 Å². The summed E-state index contributed by atoms with van der Waals surface area (Å²) in [6, 6.07) is 7.30. The molecule has 0 spiro atoms. The van der Waals surface area contributed by atoms with Crippen molar-refractivity contribution in [2.75, 3.05) is 6.61 Å². The van der Waals surface area contributed by atoms with Crippen LogP contribution in [0.4, 0.5) is 0 Å². The number of aliphatic hydroxyl groups excluding tert-OH is 2. The van der Waals surface area contributed by atoms with Crippen LogP contribution in [0.3, 0.4) is 0 Å². The maximum atomic E-state index is 14.5. The molecule has 22 heteroatoms. The van der Waals surface area contributed by atoms with Gasteiger partial charge in [0, 0.05) is 36.4 Å². The Hall–Kier alpha value is -7.56. The van der Waals surface area contributed by atoms with Crippen molar-refractivity contribution < 1.29 is 63.9 Å². The first-order valence-corrected chi connectivity index (χ1v) is 21.7. The molecule has 0 saturated heterocycles. The number of phenolic OH excluding ortho intramolecular Hbond substituents is 2. The first-order chi connectivity index (χ1) is 32.2. The number of nitrogens with one attached hydrogen (secondary N) is 7. The zero-order valence-corrected chi connectivity index (χ0v) is 37.6. The first-order valence-electron chi connectivity index (χ1n) is 21.7. The van der Waals surface area contributed by atoms with Crippen molar-refractivity contribution in [3.8, 4) is 11.5 Å². The summed E-state index contributed by atoms with van der Waals surface area (Å²) >= 11 is 0. The van der Waals surface area contributed by atoms with Gasteiger partial charge in [0.2, 0.25) is 41.4 Å². The van der Waals surface area contributed by atoms with Gasteiger partial charge in [-0.1, -0.05) is 62.7 Å². The number of aromatic nitrogens is 1. The number of nitrogens with two attached hydrogens (primary N) is 2. The number of carbonyl (C=O) groups excluding carboxylic acids is 7. The molecule has 0 bridgehead atoms. The largest absolute Gasteiger partial charge is 0.508 e. The number of H-pyrrole nitrogens is 1. The lowest BCUT2D eigenvalue weighted by atomic mass is 9.99. The number of amides is 7. The average molecular weight is 946 g/mol. The molecule has 4 aromatic rings. The number of para-hydroxylation sites is 1. The lowest BCUT2D eigenvalue weighted by Gasteiger charge is -2.28. The summed E-state index contributed by atoms with van der Waals surface area (Å²) in [5, 5.41) is 65.6. The molecule has 0 aliphatic heterocycles. The Labute approximate surface area is 390 Å². The van der Waals surface area contributed by atoms with E-state index in [4.69, 9.17) is 11.5 Å². The Kier molecular flexibility index (Phi) is 19.4. The number of carboxylic acids is 1. The van der Waals surface area contributed by atoms with Crippen molar-refractivity contribution in [2.45, 2.75) is 101 Å². The molecule has 4 rings (SSSR count). The number of primary amides is 1. The Morgan fingerprint density at radius 1 is 0.618 bits per heavy atom. The summed E-state index contributed by atoms with van der Waals surface area (Å²) in [7, 11) is 0. The molecule has 366 valence electrons. The highest BCUT2D eigenvalue weighted by molar-refractivity contribution is 5.98. The quantitative estimate of drug-likeness (QED) is 0.0350. The second kappa shape index (κ2) is 24.8. The number of carboxylic acid groups (broad SMARTS) is 1. The molecule has 68 heavy (non-hydrogen) atoms. The molecule has 0 aliphatic rings. The van der Waals surface area contributed by atoms with E-state index in [9.17, 15) is 63.9 Å². The zero-order chi connectivity index (χ0) is 50.2. The van der Waals surface area contributed by atoms with E-state index in [1.807, 2.05) is 0 Å². The van der Waals surface area contributed by atoms with E-state index in [-0.39, 0.29) is 36.7 Å². The first kappa shape index (κ1) is 53.1. The number of aromatic hydroxyl groups is 2. The SMILES string of the molecule is CC[C@H](C)[C@H](N)C(=O)N[C@@H](CO)C(=O)N[C@H](C(=O)N[C@@H](Cc1ccc(O)cc1)C(=O)N[C@@H](Cc1ccc(O)cc1)C(=O)N[C@@H](Cc1c[nH]c2ccccc12)C(=O)N[C@@H](CC(N)=O)C(=O)O)[C@@H](C)O. The third kappa shape index (κ3) is 15.3. The number of benzene rings is 3. The number of fused-ring (bicyclic) bond motifs is 1. The van der Waals surface area contributed by atoms with Crippen LogP contribution in [0.5, 0.6) is 11.5 Å². The predicted octanol–water partition coefficient (Wildman–Crippen LogP) is -1.78. The Morgan fingerprint density at radius 2 is 1.07 bits per heavy atom. The van der Waals surface area contributed by atoms with Crippen molar-refractivity contribution in [1.29, 1.82) is 0 Å². The fourth-order valence-corrected chi connectivity index (χ4v) is 7.00. The van der Waals surface area contributed by atoms with Crippen LogP contribution < -0.4 is 43.4 Å². The highest BCUT2D eigenvalue weighted by Crippen LogP contribution is 2.20. The minimum Gasteiger partial charge on any atom is -0.508 e. The maximum absolute atomic E-state index is 14.5. The molecule has 0 aliphatic carbocycles. The van der Waals surface area contributed by atoms with Crippen LogP contribution in [0.1, 0.15) is 50.3 Å². The third-order valence-corrected chi connectivity index (χ3v) is 11.2. The van der Waals surface area contributed by atoms with Gasteiger partial charge in [-0.3, -0.25) is 33.6 Å². The molecule has 0 saturated carbocycles. The van der Waals surface area contributed by atoms with Gasteiger partial charge >= 0.3 is 5.97 Å². The van der Waals surface area contributed by atoms with Gasteiger partial charge in [0.25, 0.3) is 0 Å². The monoisotopic (exact) mass is 945 g/mol. The second-order valence-corrected chi connectivity index (χ2v) is 16.4. The Bertz CT molecular complexity index is 2410. The molecule has 7 amide bonds. The number of aliphatic hydroxyl groups is 2. The van der Waals surface area contributed by atoms with Crippen molar-refractivity contribution in [3.05, 3.63) is 95.7 Å². The molecule has 16 N–H and O–H groups in total. The molecular formula is C46H59N9O13. The number of hydrogen-bond acceptors (Lipinski definition) is 13. The van der Waals surface area contributed by atoms with E-state index in [0.29, 0.717) is 34.0 Å². The second-order valence-electron chi connectivity index (χ2n) is 16.4. The van der Waals surface area contributed by atoms with E-state index in [0.717, 1.165) is 0 Å². The third-order valence-electron chi connectivity index (χ3n) is 11.2. The van der Waals surface area contributed by atoms with E-state index in [1.54, 1.807) is 44.3 Å². The summed E-state index contributed by atoms with van der Waals surface area (Å²) in [6.45, 7) is 3.78.